The van der Waals surface area contributed by atoms with Gasteiger partial charge in [0.1, 0.15) is 0 Å². The first-order valence-corrected chi connectivity index (χ1v) is 9.08. The van der Waals surface area contributed by atoms with Crippen LogP contribution >= 0.6 is 29.6 Å². The lowest BCUT2D eigenvalue weighted by atomic mass is 10.2. The third-order valence-corrected chi connectivity index (χ3v) is 1.51. The fourth-order valence-corrected chi connectivity index (χ4v) is 1.02. The maximum absolute atomic E-state index is 9.47. The molecule has 15 heavy (non-hydrogen) atoms. The average Bonchev–Trinajstić information content (AvgIpc) is 2.16. The van der Waals surface area contributed by atoms with Crippen LogP contribution in [-0.4, -0.2) is 13.4 Å². The van der Waals surface area contributed by atoms with E-state index in [2.05, 4.69) is 46.7 Å². The minimum absolute atomic E-state index is 1.06. The summed E-state index contributed by atoms with van der Waals surface area (Å²) in [5.41, 5.74) is 1.06. The van der Waals surface area contributed by atoms with E-state index in [1.165, 1.54) is 5.39 Å². The second-order valence-electron chi connectivity index (χ2n) is 2.57. The molecule has 0 unspecified atom stereocenters. The molecule has 2 rings (SSSR count). The predicted molar refractivity (Wildman–Crippen MR) is 68.5 cm³/mol. The van der Waals surface area contributed by atoms with Crippen molar-refractivity contribution in [1.29, 1.82) is 0 Å². The van der Waals surface area contributed by atoms with Crippen LogP contribution in [0.5, 0.6) is 0 Å². The number of rotatable bonds is 0. The molecule has 0 N–H and O–H groups in total. The number of para-hydroxylation sites is 1. The lowest BCUT2D eigenvalue weighted by Gasteiger charge is -1.91. The zero-order valence-electron chi connectivity index (χ0n) is 7.47. The number of hydrogen-bond acceptors (Lipinski definition) is 3. The second-order valence-corrected chi connectivity index (χ2v) is 11.1. The largest absolute Gasteiger partial charge is 0.268 e. The van der Waals surface area contributed by atoms with Crippen LogP contribution in [0, 0.1) is 0 Å². The maximum Gasteiger partial charge on any atom is 0.268 e. The van der Waals surface area contributed by atoms with Crippen molar-refractivity contribution in [2.45, 2.75) is 0 Å². The molecule has 2 aromatic rings. The van der Waals surface area contributed by atoms with Crippen molar-refractivity contribution in [3.05, 3.63) is 42.6 Å². The summed E-state index contributed by atoms with van der Waals surface area (Å²) in [7, 11) is 0. The van der Waals surface area contributed by atoms with Crippen LogP contribution in [0.3, 0.4) is 0 Å². The molecule has 0 bridgehead atoms. The van der Waals surface area contributed by atoms with Crippen LogP contribution in [0.2, 0.25) is 0 Å². The van der Waals surface area contributed by atoms with E-state index in [1.54, 1.807) is 0 Å². The molecule has 80 valence electrons. The van der Waals surface area contributed by atoms with Crippen molar-refractivity contribution in [3.63, 3.8) is 0 Å². The van der Waals surface area contributed by atoms with E-state index in [4.69, 9.17) is 0 Å². The Morgan fingerprint density at radius 1 is 1.00 bits per heavy atom. The predicted octanol–water partition coefficient (Wildman–Crippen LogP) is 3.26. The summed E-state index contributed by atoms with van der Waals surface area (Å²) < 4.78 is 18.9. The Hall–Kier alpha value is -0.460. The summed E-state index contributed by atoms with van der Waals surface area (Å²) in [6, 6.07) is 12.1. The molecule has 1 aromatic heterocycles. The van der Waals surface area contributed by atoms with Gasteiger partial charge in [-0.05, 0) is 12.1 Å². The van der Waals surface area contributed by atoms with Gasteiger partial charge in [-0.25, -0.2) is 8.42 Å². The normalized spacial score (nSPS) is 10.5. The Kier molecular flexibility index (Phi) is 4.69. The molecule has 1 heterocycles. The Bertz CT molecular complexity index is 469. The standard InChI is InChI=1S/C9H7N.Br2O2S/c1-2-6-9-8(4-1)5-3-7-10-9;1-5(2,3)4/h1-7H;. The highest BCUT2D eigenvalue weighted by Gasteiger charge is 1.87. The van der Waals surface area contributed by atoms with E-state index in [-0.39, 0.29) is 0 Å². The van der Waals surface area contributed by atoms with E-state index in [9.17, 15) is 8.42 Å². The summed E-state index contributed by atoms with van der Waals surface area (Å²) >= 11 is 4.53. The van der Waals surface area contributed by atoms with E-state index < -0.39 is 6.70 Å². The average molecular weight is 353 g/mol. The molecule has 1 aromatic carbocycles. The van der Waals surface area contributed by atoms with Gasteiger partial charge in [0.25, 0.3) is 6.70 Å². The second kappa shape index (κ2) is 5.58. The van der Waals surface area contributed by atoms with Gasteiger partial charge < -0.3 is 0 Å². The van der Waals surface area contributed by atoms with Crippen LogP contribution in [0.4, 0.5) is 0 Å². The van der Waals surface area contributed by atoms with Crippen LogP contribution in [0.25, 0.3) is 10.9 Å². The molecular weight excluding hydrogens is 346 g/mol. The molecule has 6 heteroatoms. The lowest BCUT2D eigenvalue weighted by Crippen LogP contribution is -1.73. The first-order chi connectivity index (χ1) is 6.97. The first kappa shape index (κ1) is 12.6. The van der Waals surface area contributed by atoms with Crippen LogP contribution in [0.1, 0.15) is 0 Å². The number of halogens is 2. The fourth-order valence-electron chi connectivity index (χ4n) is 1.02. The third kappa shape index (κ3) is 5.86. The Morgan fingerprint density at radius 2 is 1.53 bits per heavy atom. The van der Waals surface area contributed by atoms with Crippen molar-refractivity contribution in [1.82, 2.24) is 4.98 Å². The lowest BCUT2D eigenvalue weighted by molar-refractivity contribution is 0.625. The fraction of sp³-hybridized carbons (Fsp3) is 0. The van der Waals surface area contributed by atoms with Gasteiger partial charge in [0.2, 0.25) is 0 Å². The van der Waals surface area contributed by atoms with E-state index in [1.807, 2.05) is 30.5 Å². The summed E-state index contributed by atoms with van der Waals surface area (Å²) in [5.74, 6) is 0. The number of nitrogens with zero attached hydrogens (tertiary/aromatic N) is 1. The molecule has 0 spiro atoms. The molecule has 0 saturated heterocycles. The molecule has 0 fully saturated rings. The van der Waals surface area contributed by atoms with Gasteiger partial charge in [-0.3, -0.25) is 4.98 Å². The van der Waals surface area contributed by atoms with Gasteiger partial charge in [-0.2, -0.15) is 0 Å². The van der Waals surface area contributed by atoms with Crippen LogP contribution in [-0.2, 0) is 6.70 Å². The molecule has 3 nitrogen and oxygen atoms in total. The summed E-state index contributed by atoms with van der Waals surface area (Å²) in [6.45, 7) is -3.04. The molecule has 0 amide bonds. The number of fused-ring (bicyclic) bond motifs is 1. The van der Waals surface area contributed by atoms with Crippen molar-refractivity contribution in [2.24, 2.45) is 0 Å². The quantitative estimate of drug-likeness (QED) is 0.683. The third-order valence-electron chi connectivity index (χ3n) is 1.51. The molecule has 0 atom stereocenters. The molecule has 0 aliphatic heterocycles. The number of pyridine rings is 1. The summed E-state index contributed by atoms with van der Waals surface area (Å²) in [4.78, 5) is 4.18. The zero-order chi connectivity index (χ0) is 11.3. The van der Waals surface area contributed by atoms with Crippen LogP contribution in [0.15, 0.2) is 42.6 Å². The maximum atomic E-state index is 9.47. The molecule has 0 radical (unpaired) electrons. The van der Waals surface area contributed by atoms with Gasteiger partial charge in [-0.1, -0.05) is 24.3 Å². The molecule has 0 saturated carbocycles. The van der Waals surface area contributed by atoms with E-state index in [0.29, 0.717) is 0 Å². The van der Waals surface area contributed by atoms with Gasteiger partial charge in [0, 0.05) is 11.6 Å². The minimum Gasteiger partial charge on any atom is -0.256 e. The number of aromatic nitrogens is 1. The van der Waals surface area contributed by atoms with Crippen molar-refractivity contribution in [2.75, 3.05) is 0 Å². The topological polar surface area (TPSA) is 47.0 Å². The number of hydrogen-bond donors (Lipinski definition) is 0. The molecule has 0 aliphatic carbocycles. The van der Waals surface area contributed by atoms with E-state index in [0.717, 1.165) is 5.52 Å². The smallest absolute Gasteiger partial charge is 0.256 e. The monoisotopic (exact) mass is 351 g/mol. The molecular formula is C9H7Br2NO2S. The first-order valence-electron chi connectivity index (χ1n) is 3.91. The molecule has 0 aliphatic rings. The number of benzene rings is 1. The highest BCUT2D eigenvalue weighted by Crippen LogP contribution is 2.08. The van der Waals surface area contributed by atoms with Gasteiger partial charge in [0.05, 0.1) is 35.1 Å². The Balaban J connectivity index is 0.000000195. The highest BCUT2D eigenvalue weighted by atomic mass is 79.9. The van der Waals surface area contributed by atoms with Crippen molar-refractivity contribution < 1.29 is 8.42 Å². The van der Waals surface area contributed by atoms with Crippen LogP contribution < -0.4 is 0 Å². The summed E-state index contributed by atoms with van der Waals surface area (Å²) in [5, 5.41) is 1.20. The Labute approximate surface area is 103 Å². The summed E-state index contributed by atoms with van der Waals surface area (Å²) in [6.07, 6.45) is 1.81. The van der Waals surface area contributed by atoms with Gasteiger partial charge in [-0.15, -0.1) is 0 Å². The van der Waals surface area contributed by atoms with Gasteiger partial charge in [0.15, 0.2) is 0 Å². The SMILES string of the molecule is O=S(=O)(Br)Br.c1ccc2ncccc2c1. The van der Waals surface area contributed by atoms with Crippen molar-refractivity contribution in [3.8, 4) is 0 Å². The minimum atomic E-state index is -3.04. The van der Waals surface area contributed by atoms with Crippen molar-refractivity contribution >= 4 is 47.2 Å². The van der Waals surface area contributed by atoms with Gasteiger partial charge >= 0.3 is 0 Å². The highest BCUT2D eigenvalue weighted by molar-refractivity contribution is 9.79. The Morgan fingerprint density at radius 3 is 2.13 bits per heavy atom. The van der Waals surface area contributed by atoms with E-state index >= 15 is 0 Å². The zero-order valence-corrected chi connectivity index (χ0v) is 11.5.